The molecule has 4 bridgehead atoms. The number of hydrogen-bond acceptors (Lipinski definition) is 0. The van der Waals surface area contributed by atoms with Crippen molar-refractivity contribution in [1.29, 1.82) is 0 Å². The van der Waals surface area contributed by atoms with Gasteiger partial charge in [-0.3, -0.25) is 0 Å². The molecule has 0 N–H and O–H groups in total. The van der Waals surface area contributed by atoms with Gasteiger partial charge in [0.2, 0.25) is 0 Å². The van der Waals surface area contributed by atoms with Crippen LogP contribution in [0.5, 0.6) is 0 Å². The summed E-state index contributed by atoms with van der Waals surface area (Å²) in [5.74, 6) is 3.12. The Labute approximate surface area is 156 Å². The molecule has 0 atom stereocenters. The van der Waals surface area contributed by atoms with Gasteiger partial charge in [-0.25, -0.2) is 4.39 Å². The molecule has 0 amide bonds. The Balaban J connectivity index is 1.53. The second-order valence-electron chi connectivity index (χ2n) is 9.70. The summed E-state index contributed by atoms with van der Waals surface area (Å²) in [5.41, 5.74) is 5.06. The molecule has 4 aliphatic carbocycles. The normalized spacial score (nSPS) is 32.4. The molecule has 0 nitrogen and oxygen atoms in total. The van der Waals surface area contributed by atoms with Crippen LogP contribution in [0.25, 0.3) is 11.1 Å². The molecular weight excluding hydrogens is 319 g/mol. The van der Waals surface area contributed by atoms with E-state index in [2.05, 4.69) is 44.2 Å². The van der Waals surface area contributed by atoms with Gasteiger partial charge in [-0.2, -0.15) is 0 Å². The molecule has 0 spiro atoms. The molecule has 4 aliphatic rings. The van der Waals surface area contributed by atoms with Gasteiger partial charge in [-0.15, -0.1) is 0 Å². The van der Waals surface area contributed by atoms with Crippen molar-refractivity contribution in [3.63, 3.8) is 0 Å². The van der Waals surface area contributed by atoms with E-state index in [4.69, 9.17) is 0 Å². The summed E-state index contributed by atoms with van der Waals surface area (Å²) in [6.07, 6.45) is 8.14. The van der Waals surface area contributed by atoms with Crippen molar-refractivity contribution >= 4 is 0 Å². The fraction of sp³-hybridized carbons (Fsp3) is 0.520. The number of hydrogen-bond donors (Lipinski definition) is 0. The summed E-state index contributed by atoms with van der Waals surface area (Å²) >= 11 is 0. The topological polar surface area (TPSA) is 0 Å². The van der Waals surface area contributed by atoms with Crippen LogP contribution in [0, 0.1) is 23.6 Å². The molecule has 4 saturated carbocycles. The Morgan fingerprint density at radius 2 is 1.38 bits per heavy atom. The minimum Gasteiger partial charge on any atom is -0.207 e. The molecule has 6 rings (SSSR count). The zero-order chi connectivity index (χ0) is 17.9. The van der Waals surface area contributed by atoms with E-state index in [1.54, 1.807) is 6.07 Å². The third-order valence-electron chi connectivity index (χ3n) is 7.46. The second-order valence-corrected chi connectivity index (χ2v) is 9.70. The van der Waals surface area contributed by atoms with Crippen molar-refractivity contribution < 1.29 is 4.39 Å². The van der Waals surface area contributed by atoms with Crippen molar-refractivity contribution in [2.45, 2.75) is 63.7 Å². The highest BCUT2D eigenvalue weighted by molar-refractivity contribution is 5.65. The van der Waals surface area contributed by atoms with Crippen LogP contribution >= 0.6 is 0 Å². The average Bonchev–Trinajstić information content (AvgIpc) is 2.60. The van der Waals surface area contributed by atoms with Gasteiger partial charge < -0.3 is 0 Å². The lowest BCUT2D eigenvalue weighted by Gasteiger charge is -2.57. The first-order valence-corrected chi connectivity index (χ1v) is 10.4. The standard InChI is InChI=1S/C25H29F/c1-16(2)20-3-5-21(6-4-20)22-10-23(12-24(26)11-22)25-13-17-7-18(14-25)9-19(8-17)15-25/h3-6,10-12,16-19H,7-9,13-15H2,1-2H3. The Morgan fingerprint density at radius 1 is 0.808 bits per heavy atom. The Hall–Kier alpha value is -1.63. The van der Waals surface area contributed by atoms with Gasteiger partial charge in [0, 0.05) is 0 Å². The van der Waals surface area contributed by atoms with E-state index in [1.807, 2.05) is 6.07 Å². The lowest BCUT2D eigenvalue weighted by atomic mass is 9.48. The quantitative estimate of drug-likeness (QED) is 0.556. The Bertz CT molecular complexity index is 779. The van der Waals surface area contributed by atoms with E-state index in [0.717, 1.165) is 28.9 Å². The summed E-state index contributed by atoms with van der Waals surface area (Å²) < 4.78 is 14.6. The van der Waals surface area contributed by atoms with Crippen molar-refractivity contribution in [1.82, 2.24) is 0 Å². The van der Waals surface area contributed by atoms with Crippen LogP contribution in [0.15, 0.2) is 42.5 Å². The van der Waals surface area contributed by atoms with Crippen LogP contribution in [-0.4, -0.2) is 0 Å². The molecule has 136 valence electrons. The zero-order valence-electron chi connectivity index (χ0n) is 16.0. The van der Waals surface area contributed by atoms with E-state index < -0.39 is 0 Å². The van der Waals surface area contributed by atoms with E-state index in [-0.39, 0.29) is 11.2 Å². The van der Waals surface area contributed by atoms with Crippen LogP contribution in [-0.2, 0) is 5.41 Å². The lowest BCUT2D eigenvalue weighted by Crippen LogP contribution is -2.48. The van der Waals surface area contributed by atoms with Crippen LogP contribution in [0.4, 0.5) is 4.39 Å². The van der Waals surface area contributed by atoms with Crippen molar-refractivity contribution in [2.24, 2.45) is 17.8 Å². The van der Waals surface area contributed by atoms with Gasteiger partial charge in [0.05, 0.1) is 0 Å². The van der Waals surface area contributed by atoms with E-state index in [0.29, 0.717) is 5.92 Å². The van der Waals surface area contributed by atoms with Crippen LogP contribution in [0.3, 0.4) is 0 Å². The molecule has 0 unspecified atom stereocenters. The molecule has 26 heavy (non-hydrogen) atoms. The maximum atomic E-state index is 14.6. The van der Waals surface area contributed by atoms with Crippen molar-refractivity contribution in [2.75, 3.05) is 0 Å². The maximum absolute atomic E-state index is 14.6. The predicted molar refractivity (Wildman–Crippen MR) is 106 cm³/mol. The van der Waals surface area contributed by atoms with Gasteiger partial charge in [0.25, 0.3) is 0 Å². The van der Waals surface area contributed by atoms with Crippen LogP contribution in [0.2, 0.25) is 0 Å². The highest BCUT2D eigenvalue weighted by Gasteiger charge is 2.51. The highest BCUT2D eigenvalue weighted by atomic mass is 19.1. The van der Waals surface area contributed by atoms with E-state index >= 15 is 0 Å². The van der Waals surface area contributed by atoms with Gasteiger partial charge in [0.15, 0.2) is 0 Å². The average molecular weight is 349 g/mol. The lowest BCUT2D eigenvalue weighted by molar-refractivity contribution is -0.00529. The molecule has 0 heterocycles. The molecule has 2 aromatic rings. The molecule has 4 fully saturated rings. The predicted octanol–water partition coefficient (Wildman–Crippen LogP) is 7.08. The molecule has 1 heteroatoms. The smallest absolute Gasteiger partial charge is 0.124 e. The summed E-state index contributed by atoms with van der Waals surface area (Å²) in [4.78, 5) is 0. The van der Waals surface area contributed by atoms with Gasteiger partial charge in [0.1, 0.15) is 5.82 Å². The first-order chi connectivity index (χ1) is 12.5. The van der Waals surface area contributed by atoms with Gasteiger partial charge >= 0.3 is 0 Å². The van der Waals surface area contributed by atoms with E-state index in [9.17, 15) is 4.39 Å². The minimum absolute atomic E-state index is 0.0684. The van der Waals surface area contributed by atoms with Crippen LogP contribution < -0.4 is 0 Å². The van der Waals surface area contributed by atoms with Gasteiger partial charge in [-0.05, 0) is 102 Å². The van der Waals surface area contributed by atoms with Crippen molar-refractivity contribution in [3.8, 4) is 11.1 Å². The third kappa shape index (κ3) is 2.71. The fourth-order valence-electron chi connectivity index (χ4n) is 6.59. The Morgan fingerprint density at radius 3 is 1.92 bits per heavy atom. The monoisotopic (exact) mass is 348 g/mol. The summed E-state index contributed by atoms with van der Waals surface area (Å²) in [5, 5.41) is 0. The summed E-state index contributed by atoms with van der Waals surface area (Å²) in [6.45, 7) is 4.42. The number of halogens is 1. The molecule has 0 saturated heterocycles. The minimum atomic E-state index is -0.0684. The SMILES string of the molecule is CC(C)c1ccc(-c2cc(F)cc(C34CC5CC(CC(C5)C3)C4)c2)cc1. The highest BCUT2D eigenvalue weighted by Crippen LogP contribution is 2.60. The molecule has 2 aromatic carbocycles. The number of rotatable bonds is 3. The van der Waals surface area contributed by atoms with Crippen LogP contribution in [0.1, 0.15) is 69.4 Å². The third-order valence-corrected chi connectivity index (χ3v) is 7.46. The van der Waals surface area contributed by atoms with Gasteiger partial charge in [-0.1, -0.05) is 44.2 Å². The number of benzene rings is 2. The molecular formula is C25H29F. The maximum Gasteiger partial charge on any atom is 0.124 e. The first-order valence-electron chi connectivity index (χ1n) is 10.4. The zero-order valence-corrected chi connectivity index (χ0v) is 16.0. The summed E-state index contributed by atoms with van der Waals surface area (Å²) in [7, 11) is 0. The van der Waals surface area contributed by atoms with E-state index in [1.165, 1.54) is 49.7 Å². The molecule has 0 radical (unpaired) electrons. The summed E-state index contributed by atoms with van der Waals surface area (Å²) in [6, 6.07) is 14.6. The fourth-order valence-corrected chi connectivity index (χ4v) is 6.59. The molecule has 0 aromatic heterocycles. The van der Waals surface area contributed by atoms with Crippen molar-refractivity contribution in [3.05, 3.63) is 59.4 Å². The first kappa shape index (κ1) is 16.5. The second kappa shape index (κ2) is 5.94. The Kier molecular flexibility index (Phi) is 3.78. The molecule has 0 aliphatic heterocycles. The largest absolute Gasteiger partial charge is 0.207 e.